The van der Waals surface area contributed by atoms with Gasteiger partial charge in [-0.15, -0.1) is 0 Å². The molecule has 2 N–H and O–H groups in total. The summed E-state index contributed by atoms with van der Waals surface area (Å²) >= 11 is 0. The van der Waals surface area contributed by atoms with Gasteiger partial charge in [0.2, 0.25) is 0 Å². The number of aliphatic imine (C=N–C) groups is 3. The molecule has 6 rings (SSSR count). The van der Waals surface area contributed by atoms with Crippen LogP contribution < -0.4 is 5.32 Å². The van der Waals surface area contributed by atoms with Crippen LogP contribution in [-0.4, -0.2) is 221 Å². The van der Waals surface area contributed by atoms with E-state index < -0.39 is 0 Å². The Morgan fingerprint density at radius 2 is 0.963 bits per heavy atom. The number of fused-ring (bicyclic) bond motifs is 5. The zero-order valence-electron chi connectivity index (χ0n) is 49.1. The van der Waals surface area contributed by atoms with E-state index in [9.17, 15) is 9.90 Å². The van der Waals surface area contributed by atoms with Crippen LogP contribution in [0.2, 0.25) is 0 Å². The van der Waals surface area contributed by atoms with E-state index in [2.05, 4.69) is 45.2 Å². The van der Waals surface area contributed by atoms with Gasteiger partial charge in [-0.25, -0.2) is 15.0 Å². The quantitative estimate of drug-likeness (QED) is 0.0492. The molecule has 8 bridgehead atoms. The number of hydrogen-bond acceptors (Lipinski definition) is 21. The van der Waals surface area contributed by atoms with E-state index in [-0.39, 0.29) is 37.4 Å². The number of esters is 1. The molecule has 5 aliphatic heterocycles. The highest BCUT2D eigenvalue weighted by Crippen LogP contribution is 2.46. The van der Waals surface area contributed by atoms with Crippen LogP contribution in [0.5, 0.6) is 0 Å². The number of ether oxygens (including phenoxy) is 15. The van der Waals surface area contributed by atoms with Crippen LogP contribution in [0.25, 0.3) is 0 Å². The first-order valence-corrected chi connectivity index (χ1v) is 28.7. The van der Waals surface area contributed by atoms with Crippen molar-refractivity contribution in [2.24, 2.45) is 26.8 Å². The second kappa shape index (κ2) is 37.6. The summed E-state index contributed by atoms with van der Waals surface area (Å²) in [7, 11) is 3.34. The highest BCUT2D eigenvalue weighted by atomic mass is 16.6. The lowest BCUT2D eigenvalue weighted by Crippen LogP contribution is -2.17. The molecular weight excluding hydrogens is 1050 g/mol. The van der Waals surface area contributed by atoms with E-state index >= 15 is 0 Å². The fraction of sp³-hybridized carbons (Fsp3) is 0.667. The number of hydrogen-bond donors (Lipinski definition) is 2. The van der Waals surface area contributed by atoms with E-state index in [1.54, 1.807) is 14.2 Å². The first-order chi connectivity index (χ1) is 39.7. The largest absolute Gasteiger partial charge is 0.511 e. The molecule has 21 nitrogen and oxygen atoms in total. The minimum Gasteiger partial charge on any atom is -0.511 e. The van der Waals surface area contributed by atoms with Crippen molar-refractivity contribution in [3.8, 4) is 0 Å². The predicted octanol–water partition coefficient (Wildman–Crippen LogP) is 6.47. The summed E-state index contributed by atoms with van der Waals surface area (Å²) in [6.07, 6.45) is 8.12. The summed E-state index contributed by atoms with van der Waals surface area (Å²) in [5.74, 6) is -0.0662. The molecule has 0 spiro atoms. The molecule has 2 atom stereocenters. The topological polar surface area (TPSA) is 225 Å². The molecule has 0 saturated carbocycles. The molecule has 21 heteroatoms. The van der Waals surface area contributed by atoms with Gasteiger partial charge in [-0.1, -0.05) is 13.8 Å². The van der Waals surface area contributed by atoms with Crippen LogP contribution in [0.4, 0.5) is 0 Å². The third-order valence-electron chi connectivity index (χ3n) is 14.1. The van der Waals surface area contributed by atoms with Gasteiger partial charge in [0.05, 0.1) is 206 Å². The number of nitrogens with one attached hydrogen (secondary N) is 1. The number of carbonyl (C=O) groups is 1. The van der Waals surface area contributed by atoms with E-state index in [0.717, 1.165) is 91.1 Å². The van der Waals surface area contributed by atoms with Gasteiger partial charge < -0.3 is 81.5 Å². The lowest BCUT2D eigenvalue weighted by Gasteiger charge is -2.17. The lowest BCUT2D eigenvalue weighted by atomic mass is 9.86. The van der Waals surface area contributed by atoms with Gasteiger partial charge in [-0.2, -0.15) is 0 Å². The zero-order chi connectivity index (χ0) is 57.4. The Balaban J connectivity index is 0.751. The number of aliphatic hydroxyl groups is 1. The first-order valence-electron chi connectivity index (χ1n) is 28.7. The van der Waals surface area contributed by atoms with E-state index in [1.165, 1.54) is 0 Å². The third-order valence-corrected chi connectivity index (χ3v) is 14.1. The second-order valence-electron chi connectivity index (χ2n) is 19.6. The average Bonchev–Trinajstić information content (AvgIpc) is 3.99. The van der Waals surface area contributed by atoms with Crippen molar-refractivity contribution >= 4 is 23.1 Å². The van der Waals surface area contributed by atoms with Crippen LogP contribution >= 0.6 is 0 Å². The van der Waals surface area contributed by atoms with E-state index in [0.29, 0.717) is 184 Å². The number of aliphatic hydroxyl groups excluding tert-OH is 1. The van der Waals surface area contributed by atoms with Gasteiger partial charge in [0, 0.05) is 67.0 Å². The predicted molar refractivity (Wildman–Crippen MR) is 306 cm³/mol. The molecule has 0 aromatic heterocycles. The number of allylic oxidation sites excluding steroid dienone is 11. The fourth-order valence-corrected chi connectivity index (χ4v) is 9.71. The van der Waals surface area contributed by atoms with Gasteiger partial charge in [-0.3, -0.25) is 4.79 Å². The van der Waals surface area contributed by atoms with Crippen LogP contribution in [0.3, 0.4) is 0 Å². The summed E-state index contributed by atoms with van der Waals surface area (Å²) < 4.78 is 82.5. The fourth-order valence-electron chi connectivity index (χ4n) is 9.71. The Morgan fingerprint density at radius 1 is 0.543 bits per heavy atom. The maximum absolute atomic E-state index is 13.2. The molecule has 0 radical (unpaired) electrons. The Hall–Kier alpha value is -4.56. The molecule has 0 aromatic rings. The minimum atomic E-state index is -0.299. The maximum Gasteiger partial charge on any atom is 0.305 e. The van der Waals surface area contributed by atoms with Crippen LogP contribution in [0.1, 0.15) is 60.3 Å². The van der Waals surface area contributed by atoms with Crippen LogP contribution in [0, 0.1) is 11.8 Å². The number of carbonyl (C=O) groups excluding carboxylic acids is 1. The average molecular weight is 1140 g/mol. The molecule has 0 amide bonds. The highest BCUT2D eigenvalue weighted by molar-refractivity contribution is 6.21. The summed E-state index contributed by atoms with van der Waals surface area (Å²) in [6.45, 7) is 22.9. The van der Waals surface area contributed by atoms with Gasteiger partial charge in [-0.05, 0) is 74.1 Å². The van der Waals surface area contributed by atoms with Crippen LogP contribution in [-0.2, 0) is 75.8 Å². The number of nitrogens with zero attached hydrogens (tertiary/aromatic N) is 3. The normalized spacial score (nSPS) is 18.6. The van der Waals surface area contributed by atoms with Gasteiger partial charge >= 0.3 is 5.97 Å². The first kappa shape index (κ1) is 65.6. The molecule has 0 aromatic carbocycles. The molecule has 5 heterocycles. The standard InChI is InChI=1S/C60H90N4O17/c1-8-46-42(2)51-39-55-49(41-68-7)44(4)50(62-55)38-52-43(3)47(59(63-52)48-37-56(65)58-45(5)53(64-60(48)58)40-54(46)61-51)9-10-57(66)81-36-35-80-34-33-79-32-31-78-30-29-77-28-27-76-26-25-75-24-23-74-22-21-73-20-19-72-18-17-71-16-15-70-14-13-69-12-11-67-6/h38-40,43,47,63,65H,8-37,41H2,1-7H3/t43-,47-/m0/s1. The molecule has 1 aliphatic carbocycles. The second-order valence-corrected chi connectivity index (χ2v) is 19.6. The Morgan fingerprint density at radius 3 is 1.41 bits per heavy atom. The van der Waals surface area contributed by atoms with E-state index in [1.807, 2.05) is 13.0 Å². The minimum absolute atomic E-state index is 0.00475. The Bertz CT molecular complexity index is 2380. The lowest BCUT2D eigenvalue weighted by molar-refractivity contribution is -0.145. The van der Waals surface area contributed by atoms with Crippen molar-refractivity contribution < 1.29 is 81.0 Å². The number of methoxy groups -OCH3 is 2. The molecule has 81 heavy (non-hydrogen) atoms. The summed E-state index contributed by atoms with van der Waals surface area (Å²) in [6, 6.07) is 0. The molecule has 1 saturated heterocycles. The van der Waals surface area contributed by atoms with Crippen molar-refractivity contribution in [1.29, 1.82) is 0 Å². The van der Waals surface area contributed by atoms with Crippen molar-refractivity contribution in [2.45, 2.75) is 60.3 Å². The van der Waals surface area contributed by atoms with Crippen molar-refractivity contribution in [2.75, 3.05) is 193 Å². The molecule has 1 fully saturated rings. The van der Waals surface area contributed by atoms with Crippen LogP contribution in [0.15, 0.2) is 106 Å². The monoisotopic (exact) mass is 1140 g/mol. The van der Waals surface area contributed by atoms with Crippen molar-refractivity contribution in [1.82, 2.24) is 5.32 Å². The Kier molecular flexibility index (Phi) is 30.4. The molecular formula is C60H90N4O17. The summed E-state index contributed by atoms with van der Waals surface area (Å²) in [5, 5.41) is 15.2. The third kappa shape index (κ3) is 21.2. The zero-order valence-corrected chi connectivity index (χ0v) is 49.1. The summed E-state index contributed by atoms with van der Waals surface area (Å²) in [5.41, 5.74) is 13.9. The molecule has 452 valence electrons. The van der Waals surface area contributed by atoms with Crippen molar-refractivity contribution in [3.63, 3.8) is 0 Å². The smallest absolute Gasteiger partial charge is 0.305 e. The molecule has 6 aliphatic rings. The van der Waals surface area contributed by atoms with Gasteiger partial charge in [0.1, 0.15) is 12.4 Å². The van der Waals surface area contributed by atoms with Gasteiger partial charge in [0.25, 0.3) is 0 Å². The highest BCUT2D eigenvalue weighted by Gasteiger charge is 2.41. The van der Waals surface area contributed by atoms with Crippen molar-refractivity contribution in [3.05, 3.63) is 91.5 Å². The Labute approximate surface area is 479 Å². The SMILES string of the molecule is CCC1=C(C)C2=NC1=CC1=C(C)C3=C(O)CC(=C4NC(=CC5=NC(=C2)C(COC)=C5C)[C@@H](C)[C@@H]4CCC(=O)OCCOCCOCCOCCOCCOCCOCCOCCOCCOCCOCCOCCOCCOC)C3=N1. The maximum atomic E-state index is 13.2. The molecule has 0 unspecified atom stereocenters. The summed E-state index contributed by atoms with van der Waals surface area (Å²) in [4.78, 5) is 28.6. The number of rotatable bonds is 45. The van der Waals surface area contributed by atoms with E-state index in [4.69, 9.17) is 86.0 Å². The van der Waals surface area contributed by atoms with Gasteiger partial charge in [0.15, 0.2) is 0 Å².